The van der Waals surface area contributed by atoms with Gasteiger partial charge in [-0.1, -0.05) is 6.07 Å². The van der Waals surface area contributed by atoms with Crippen LogP contribution in [0, 0.1) is 5.92 Å². The molecule has 6 heteroatoms. The lowest BCUT2D eigenvalue weighted by molar-refractivity contribution is -0.122. The van der Waals surface area contributed by atoms with Crippen LogP contribution in [-0.2, 0) is 24.4 Å². The summed E-state index contributed by atoms with van der Waals surface area (Å²) in [6.07, 6.45) is 7.71. The quantitative estimate of drug-likeness (QED) is 0.912. The Morgan fingerprint density at radius 2 is 2.21 bits per heavy atom. The highest BCUT2D eigenvalue weighted by Crippen LogP contribution is 2.29. The summed E-state index contributed by atoms with van der Waals surface area (Å²) < 4.78 is 2.26. The minimum atomic E-state index is 0.188. The standard InChI is InChI=1S/C18H23N5O/c1-13-17-20-10-16(11-21-18(24)15-4-5-15)23(17)8-7-22(13)12-14-3-2-6-19-9-14/h2-3,6,9-10,13,15H,4-5,7-8,11-12H2,1H3,(H,21,24)/t13-/m1/s1. The van der Waals surface area contributed by atoms with Crippen molar-refractivity contribution in [2.75, 3.05) is 6.54 Å². The van der Waals surface area contributed by atoms with E-state index in [2.05, 4.69) is 37.7 Å². The van der Waals surface area contributed by atoms with Crippen molar-refractivity contribution in [1.29, 1.82) is 0 Å². The summed E-state index contributed by atoms with van der Waals surface area (Å²) in [6.45, 7) is 5.55. The fourth-order valence-corrected chi connectivity index (χ4v) is 3.35. The van der Waals surface area contributed by atoms with Crippen molar-refractivity contribution in [3.8, 4) is 0 Å². The van der Waals surface area contributed by atoms with Gasteiger partial charge in [0.05, 0.1) is 24.5 Å². The molecule has 1 aliphatic carbocycles. The van der Waals surface area contributed by atoms with E-state index in [0.717, 1.165) is 44.0 Å². The molecule has 2 aromatic heterocycles. The first-order valence-electron chi connectivity index (χ1n) is 8.67. The van der Waals surface area contributed by atoms with Crippen LogP contribution in [0.3, 0.4) is 0 Å². The number of nitrogens with one attached hydrogen (secondary N) is 1. The highest BCUT2D eigenvalue weighted by Gasteiger charge is 2.30. The number of hydrogen-bond acceptors (Lipinski definition) is 4. The number of nitrogens with zero attached hydrogens (tertiary/aromatic N) is 4. The van der Waals surface area contributed by atoms with Crippen LogP contribution in [0.1, 0.15) is 42.9 Å². The Balaban J connectivity index is 1.43. The van der Waals surface area contributed by atoms with Crippen LogP contribution in [0.25, 0.3) is 0 Å². The highest BCUT2D eigenvalue weighted by molar-refractivity contribution is 5.80. The lowest BCUT2D eigenvalue weighted by Crippen LogP contribution is -2.37. The molecule has 4 rings (SSSR count). The number of amides is 1. The zero-order chi connectivity index (χ0) is 16.5. The summed E-state index contributed by atoms with van der Waals surface area (Å²) in [7, 11) is 0. The van der Waals surface area contributed by atoms with Crippen LogP contribution in [0.15, 0.2) is 30.7 Å². The maximum absolute atomic E-state index is 11.8. The van der Waals surface area contributed by atoms with E-state index in [0.29, 0.717) is 6.54 Å². The molecular formula is C18H23N5O. The molecule has 0 radical (unpaired) electrons. The molecular weight excluding hydrogens is 302 g/mol. The van der Waals surface area contributed by atoms with Crippen molar-refractivity contribution >= 4 is 5.91 Å². The van der Waals surface area contributed by atoms with Gasteiger partial charge in [-0.3, -0.25) is 14.7 Å². The smallest absolute Gasteiger partial charge is 0.223 e. The number of carbonyl (C=O) groups is 1. The first kappa shape index (κ1) is 15.3. The Morgan fingerprint density at radius 1 is 1.33 bits per heavy atom. The van der Waals surface area contributed by atoms with E-state index in [4.69, 9.17) is 0 Å². The monoisotopic (exact) mass is 325 g/mol. The molecule has 0 aromatic carbocycles. The summed E-state index contributed by atoms with van der Waals surface area (Å²) in [5.41, 5.74) is 2.33. The van der Waals surface area contributed by atoms with Gasteiger partial charge in [-0.2, -0.15) is 0 Å². The molecule has 1 aliphatic heterocycles. The third kappa shape index (κ3) is 3.06. The van der Waals surface area contributed by atoms with Gasteiger partial charge in [0.2, 0.25) is 5.91 Å². The Kier molecular flexibility index (Phi) is 4.06. The molecule has 0 bridgehead atoms. The number of imidazole rings is 1. The lowest BCUT2D eigenvalue weighted by atomic mass is 10.1. The van der Waals surface area contributed by atoms with Gasteiger partial charge in [0.15, 0.2) is 0 Å². The van der Waals surface area contributed by atoms with Crippen molar-refractivity contribution in [2.24, 2.45) is 5.92 Å². The fraction of sp³-hybridized carbons (Fsp3) is 0.500. The highest BCUT2D eigenvalue weighted by atomic mass is 16.2. The Morgan fingerprint density at radius 3 is 2.96 bits per heavy atom. The van der Waals surface area contributed by atoms with E-state index in [1.54, 1.807) is 6.20 Å². The third-order valence-electron chi connectivity index (χ3n) is 5.00. The summed E-state index contributed by atoms with van der Waals surface area (Å²) >= 11 is 0. The summed E-state index contributed by atoms with van der Waals surface area (Å²) in [5, 5.41) is 3.04. The fourth-order valence-electron chi connectivity index (χ4n) is 3.35. The number of hydrogen-bond donors (Lipinski definition) is 1. The number of fused-ring (bicyclic) bond motifs is 1. The van der Waals surface area contributed by atoms with Crippen LogP contribution >= 0.6 is 0 Å². The number of rotatable bonds is 5. The largest absolute Gasteiger partial charge is 0.350 e. The second-order valence-corrected chi connectivity index (χ2v) is 6.76. The molecule has 0 saturated heterocycles. The molecule has 1 fully saturated rings. The second kappa shape index (κ2) is 6.36. The minimum Gasteiger partial charge on any atom is -0.350 e. The zero-order valence-electron chi connectivity index (χ0n) is 14.0. The summed E-state index contributed by atoms with van der Waals surface area (Å²) in [5.74, 6) is 1.52. The van der Waals surface area contributed by atoms with Crippen molar-refractivity contribution in [2.45, 2.75) is 45.4 Å². The first-order chi connectivity index (χ1) is 11.7. The van der Waals surface area contributed by atoms with E-state index in [9.17, 15) is 4.79 Å². The van der Waals surface area contributed by atoms with Gasteiger partial charge in [-0.25, -0.2) is 4.98 Å². The van der Waals surface area contributed by atoms with Gasteiger partial charge in [-0.05, 0) is 31.4 Å². The van der Waals surface area contributed by atoms with Gasteiger partial charge < -0.3 is 9.88 Å². The number of carbonyl (C=O) groups excluding carboxylic acids is 1. The number of pyridine rings is 1. The molecule has 126 valence electrons. The van der Waals surface area contributed by atoms with E-state index < -0.39 is 0 Å². The van der Waals surface area contributed by atoms with Crippen LogP contribution in [0.4, 0.5) is 0 Å². The van der Waals surface area contributed by atoms with E-state index >= 15 is 0 Å². The molecule has 6 nitrogen and oxygen atoms in total. The lowest BCUT2D eigenvalue weighted by Gasteiger charge is -2.34. The van der Waals surface area contributed by atoms with Crippen molar-refractivity contribution in [3.05, 3.63) is 47.8 Å². The van der Waals surface area contributed by atoms with E-state index in [-0.39, 0.29) is 17.9 Å². The van der Waals surface area contributed by atoms with Crippen LogP contribution < -0.4 is 5.32 Å². The topological polar surface area (TPSA) is 63.1 Å². The van der Waals surface area contributed by atoms with Crippen molar-refractivity contribution in [3.63, 3.8) is 0 Å². The SMILES string of the molecule is C[C@@H]1c2ncc(CNC(=O)C3CC3)n2CCN1Cc1cccnc1. The molecule has 2 aromatic rings. The van der Waals surface area contributed by atoms with Crippen molar-refractivity contribution in [1.82, 2.24) is 24.8 Å². The van der Waals surface area contributed by atoms with Crippen molar-refractivity contribution < 1.29 is 4.79 Å². The Labute approximate surface area is 141 Å². The van der Waals surface area contributed by atoms with E-state index in [1.807, 2.05) is 18.5 Å². The molecule has 1 amide bonds. The average molecular weight is 325 g/mol. The second-order valence-electron chi connectivity index (χ2n) is 6.76. The summed E-state index contributed by atoms with van der Waals surface area (Å²) in [4.78, 5) is 23.1. The minimum absolute atomic E-state index is 0.188. The maximum atomic E-state index is 11.8. The van der Waals surface area contributed by atoms with Gasteiger partial charge in [0.25, 0.3) is 0 Å². The molecule has 2 aliphatic rings. The van der Waals surface area contributed by atoms with Gasteiger partial charge >= 0.3 is 0 Å². The molecule has 1 N–H and O–H groups in total. The predicted octanol–water partition coefficient (Wildman–Crippen LogP) is 1.88. The predicted molar refractivity (Wildman–Crippen MR) is 89.9 cm³/mol. The number of aromatic nitrogens is 3. The molecule has 1 atom stereocenters. The molecule has 1 saturated carbocycles. The molecule has 24 heavy (non-hydrogen) atoms. The molecule has 0 unspecified atom stereocenters. The third-order valence-corrected chi connectivity index (χ3v) is 5.00. The van der Waals surface area contributed by atoms with Crippen LogP contribution in [0.2, 0.25) is 0 Å². The average Bonchev–Trinajstić information content (AvgIpc) is 3.37. The Bertz CT molecular complexity index is 722. The van der Waals surface area contributed by atoms with E-state index in [1.165, 1.54) is 5.56 Å². The zero-order valence-corrected chi connectivity index (χ0v) is 14.0. The van der Waals surface area contributed by atoms with Gasteiger partial charge in [0.1, 0.15) is 5.82 Å². The van der Waals surface area contributed by atoms with Gasteiger partial charge in [0, 0.05) is 37.9 Å². The van der Waals surface area contributed by atoms with Crippen LogP contribution in [0.5, 0.6) is 0 Å². The Hall–Kier alpha value is -2.21. The molecule has 0 spiro atoms. The normalized spacial score (nSPS) is 20.6. The van der Waals surface area contributed by atoms with Gasteiger partial charge in [-0.15, -0.1) is 0 Å². The summed E-state index contributed by atoms with van der Waals surface area (Å²) in [6, 6.07) is 4.34. The van der Waals surface area contributed by atoms with Crippen LogP contribution in [-0.4, -0.2) is 31.9 Å². The maximum Gasteiger partial charge on any atom is 0.223 e. The molecule has 3 heterocycles. The first-order valence-corrected chi connectivity index (χ1v) is 8.67.